The Morgan fingerprint density at radius 1 is 1.12 bits per heavy atom. The minimum Gasteiger partial charge on any atom is -0.349 e. The number of aryl methyl sites for hydroxylation is 1. The molecule has 0 radical (unpaired) electrons. The van der Waals surface area contributed by atoms with Gasteiger partial charge in [-0.1, -0.05) is 25.7 Å². The molecule has 144 valence electrons. The fourth-order valence-corrected chi connectivity index (χ4v) is 6.26. The van der Waals surface area contributed by atoms with Gasteiger partial charge in [-0.3, -0.25) is 4.99 Å². The number of rotatable bonds is 2. The zero-order chi connectivity index (χ0) is 17.8. The van der Waals surface area contributed by atoms with E-state index in [2.05, 4.69) is 41.7 Å². The molecule has 0 atom stereocenters. The van der Waals surface area contributed by atoms with E-state index in [0.717, 1.165) is 50.2 Å². The first-order valence-electron chi connectivity index (χ1n) is 10.3. The molecule has 7 heteroatoms. The SMILES string of the molecule is CN=C(NCc1nnc2n1CCCCC2)N1CCSC2(CCCCC2)C1. The molecule has 1 aromatic heterocycles. The van der Waals surface area contributed by atoms with Crippen LogP contribution in [0.1, 0.15) is 63.0 Å². The van der Waals surface area contributed by atoms with Crippen molar-refractivity contribution in [2.24, 2.45) is 4.99 Å². The maximum Gasteiger partial charge on any atom is 0.194 e. The molecule has 0 bridgehead atoms. The average molecular weight is 377 g/mol. The Morgan fingerprint density at radius 2 is 1.96 bits per heavy atom. The van der Waals surface area contributed by atoms with Gasteiger partial charge >= 0.3 is 0 Å². The maximum absolute atomic E-state index is 4.58. The van der Waals surface area contributed by atoms with Crippen molar-refractivity contribution < 1.29 is 0 Å². The van der Waals surface area contributed by atoms with E-state index in [9.17, 15) is 0 Å². The van der Waals surface area contributed by atoms with Gasteiger partial charge in [0.2, 0.25) is 0 Å². The van der Waals surface area contributed by atoms with E-state index in [-0.39, 0.29) is 0 Å². The predicted molar refractivity (Wildman–Crippen MR) is 108 cm³/mol. The van der Waals surface area contributed by atoms with Crippen LogP contribution in [0.3, 0.4) is 0 Å². The van der Waals surface area contributed by atoms with Crippen molar-refractivity contribution in [3.8, 4) is 0 Å². The molecule has 0 unspecified atom stereocenters. The van der Waals surface area contributed by atoms with Gasteiger partial charge in [0.1, 0.15) is 5.82 Å². The van der Waals surface area contributed by atoms with Crippen LogP contribution in [-0.2, 0) is 19.5 Å². The third-order valence-electron chi connectivity index (χ3n) is 6.12. The van der Waals surface area contributed by atoms with Gasteiger partial charge in [-0.15, -0.1) is 10.2 Å². The Hall–Kier alpha value is -1.24. The topological polar surface area (TPSA) is 58.3 Å². The summed E-state index contributed by atoms with van der Waals surface area (Å²) in [5, 5.41) is 12.4. The Bertz CT molecular complexity index is 628. The standard InChI is InChI=1S/C19H32N6S/c1-20-18(24-12-13-26-19(15-24)9-5-3-6-10-19)21-14-17-23-22-16-8-4-2-7-11-25(16)17/h2-15H2,1H3,(H,20,21). The zero-order valence-corrected chi connectivity index (χ0v) is 16.9. The first-order valence-corrected chi connectivity index (χ1v) is 11.3. The highest BCUT2D eigenvalue weighted by atomic mass is 32.2. The minimum atomic E-state index is 0.458. The summed E-state index contributed by atoms with van der Waals surface area (Å²) in [7, 11) is 1.90. The van der Waals surface area contributed by atoms with Gasteiger partial charge in [-0.2, -0.15) is 11.8 Å². The predicted octanol–water partition coefficient (Wildman–Crippen LogP) is 2.83. The minimum absolute atomic E-state index is 0.458. The second-order valence-electron chi connectivity index (χ2n) is 7.91. The lowest BCUT2D eigenvalue weighted by Crippen LogP contribution is -2.53. The first kappa shape index (κ1) is 18.1. The highest BCUT2D eigenvalue weighted by molar-refractivity contribution is 8.00. The average Bonchev–Trinajstić information content (AvgIpc) is 2.90. The number of nitrogens with zero attached hydrogens (tertiary/aromatic N) is 5. The quantitative estimate of drug-likeness (QED) is 0.635. The van der Waals surface area contributed by atoms with Crippen molar-refractivity contribution >= 4 is 17.7 Å². The fraction of sp³-hybridized carbons (Fsp3) is 0.842. The number of nitrogens with one attached hydrogen (secondary N) is 1. The molecule has 2 fully saturated rings. The van der Waals surface area contributed by atoms with Gasteiger partial charge in [0.15, 0.2) is 11.8 Å². The van der Waals surface area contributed by atoms with Gasteiger partial charge in [0.25, 0.3) is 0 Å². The highest BCUT2D eigenvalue weighted by Crippen LogP contribution is 2.42. The summed E-state index contributed by atoms with van der Waals surface area (Å²) in [5.74, 6) is 4.45. The normalized spacial score (nSPS) is 23.6. The molecule has 1 aromatic rings. The Labute approximate surface area is 161 Å². The van der Waals surface area contributed by atoms with E-state index in [0.29, 0.717) is 4.75 Å². The lowest BCUT2D eigenvalue weighted by atomic mass is 9.87. The molecule has 0 aromatic carbocycles. The van der Waals surface area contributed by atoms with Crippen molar-refractivity contribution in [2.75, 3.05) is 25.9 Å². The lowest BCUT2D eigenvalue weighted by Gasteiger charge is -2.45. The molecule has 6 nitrogen and oxygen atoms in total. The third-order valence-corrected chi connectivity index (χ3v) is 7.65. The number of hydrogen-bond donors (Lipinski definition) is 1. The molecule has 1 N–H and O–H groups in total. The molecule has 2 aliphatic heterocycles. The number of hydrogen-bond acceptors (Lipinski definition) is 4. The van der Waals surface area contributed by atoms with Crippen molar-refractivity contribution in [1.29, 1.82) is 0 Å². The Balaban J connectivity index is 1.40. The van der Waals surface area contributed by atoms with Crippen LogP contribution in [0.15, 0.2) is 4.99 Å². The van der Waals surface area contributed by atoms with Gasteiger partial charge in [0, 0.05) is 43.6 Å². The number of aromatic nitrogens is 3. The molecule has 4 rings (SSSR count). The molecular weight excluding hydrogens is 344 g/mol. The van der Waals surface area contributed by atoms with Crippen molar-refractivity contribution in [2.45, 2.75) is 75.6 Å². The van der Waals surface area contributed by atoms with Crippen LogP contribution in [0.4, 0.5) is 0 Å². The van der Waals surface area contributed by atoms with E-state index in [4.69, 9.17) is 0 Å². The zero-order valence-electron chi connectivity index (χ0n) is 16.0. The second kappa shape index (κ2) is 8.19. The molecular formula is C19H32N6S. The first-order chi connectivity index (χ1) is 12.8. The van der Waals surface area contributed by atoms with Gasteiger partial charge in [0.05, 0.1) is 6.54 Å². The summed E-state index contributed by atoms with van der Waals surface area (Å²) in [6, 6.07) is 0. The summed E-state index contributed by atoms with van der Waals surface area (Å²) in [6.45, 7) is 4.00. The summed E-state index contributed by atoms with van der Waals surface area (Å²) < 4.78 is 2.78. The summed E-state index contributed by atoms with van der Waals surface area (Å²) in [5.41, 5.74) is 0. The van der Waals surface area contributed by atoms with Crippen molar-refractivity contribution in [3.05, 3.63) is 11.6 Å². The van der Waals surface area contributed by atoms with E-state index in [1.54, 1.807) is 0 Å². The molecule has 3 aliphatic rings. The van der Waals surface area contributed by atoms with Crippen LogP contribution in [0, 0.1) is 0 Å². The highest BCUT2D eigenvalue weighted by Gasteiger charge is 2.38. The van der Waals surface area contributed by atoms with Crippen LogP contribution in [0.2, 0.25) is 0 Å². The van der Waals surface area contributed by atoms with E-state index in [1.165, 1.54) is 57.1 Å². The Morgan fingerprint density at radius 3 is 2.81 bits per heavy atom. The fourth-order valence-electron chi connectivity index (χ4n) is 4.69. The molecule has 1 aliphatic carbocycles. The molecule has 0 amide bonds. The van der Waals surface area contributed by atoms with Gasteiger partial charge < -0.3 is 14.8 Å². The van der Waals surface area contributed by atoms with Crippen LogP contribution in [-0.4, -0.2) is 56.3 Å². The van der Waals surface area contributed by atoms with Gasteiger partial charge in [-0.05, 0) is 25.7 Å². The smallest absolute Gasteiger partial charge is 0.194 e. The molecule has 1 saturated heterocycles. The summed E-state index contributed by atoms with van der Waals surface area (Å²) in [4.78, 5) is 7.06. The van der Waals surface area contributed by atoms with Crippen LogP contribution in [0.25, 0.3) is 0 Å². The monoisotopic (exact) mass is 376 g/mol. The largest absolute Gasteiger partial charge is 0.349 e. The molecule has 1 saturated carbocycles. The molecule has 1 spiro atoms. The summed E-state index contributed by atoms with van der Waals surface area (Å²) >= 11 is 2.20. The van der Waals surface area contributed by atoms with E-state index < -0.39 is 0 Å². The number of guanidine groups is 1. The third kappa shape index (κ3) is 3.87. The van der Waals surface area contributed by atoms with Crippen LogP contribution in [0.5, 0.6) is 0 Å². The second-order valence-corrected chi connectivity index (χ2v) is 9.47. The van der Waals surface area contributed by atoms with Crippen molar-refractivity contribution in [3.63, 3.8) is 0 Å². The molecule has 26 heavy (non-hydrogen) atoms. The number of fused-ring (bicyclic) bond motifs is 1. The molecule has 3 heterocycles. The number of thioether (sulfide) groups is 1. The maximum atomic E-state index is 4.58. The van der Waals surface area contributed by atoms with Crippen LogP contribution < -0.4 is 5.32 Å². The lowest BCUT2D eigenvalue weighted by molar-refractivity contribution is 0.293. The summed E-state index contributed by atoms with van der Waals surface area (Å²) in [6.07, 6.45) is 11.7. The van der Waals surface area contributed by atoms with E-state index in [1.807, 2.05) is 7.05 Å². The Kier molecular flexibility index (Phi) is 5.72. The number of aliphatic imine (C=N–C) groups is 1. The van der Waals surface area contributed by atoms with E-state index >= 15 is 0 Å². The van der Waals surface area contributed by atoms with Crippen LogP contribution >= 0.6 is 11.8 Å². The van der Waals surface area contributed by atoms with Crippen molar-refractivity contribution in [1.82, 2.24) is 25.0 Å². The van der Waals surface area contributed by atoms with Gasteiger partial charge in [-0.25, -0.2) is 0 Å².